The first-order valence-electron chi connectivity index (χ1n) is 4.89. The summed E-state index contributed by atoms with van der Waals surface area (Å²) in [5.74, 6) is 0.229. The molecule has 0 saturated heterocycles. The van der Waals surface area contributed by atoms with Gasteiger partial charge in [-0.2, -0.15) is 0 Å². The van der Waals surface area contributed by atoms with Crippen LogP contribution in [0.2, 0.25) is 0 Å². The fraction of sp³-hybridized carbons (Fsp3) is 0.333. The lowest BCUT2D eigenvalue weighted by Gasteiger charge is -1.99. The Morgan fingerprint density at radius 1 is 1.07 bits per heavy atom. The molecule has 14 heavy (non-hydrogen) atoms. The maximum atomic E-state index is 9.21. The highest BCUT2D eigenvalue weighted by Gasteiger charge is 1.96. The molecule has 2 nitrogen and oxygen atoms in total. The van der Waals surface area contributed by atoms with Gasteiger partial charge in [0.2, 0.25) is 0 Å². The first-order valence-corrected chi connectivity index (χ1v) is 4.89. The summed E-state index contributed by atoms with van der Waals surface area (Å²) in [5.41, 5.74) is 0.926. The Kier molecular flexibility index (Phi) is 4.05. The third kappa shape index (κ3) is 3.52. The normalized spacial score (nSPS) is 10.9. The van der Waals surface area contributed by atoms with Crippen LogP contribution in [0.3, 0.4) is 0 Å². The van der Waals surface area contributed by atoms with E-state index in [1.807, 2.05) is 0 Å². The van der Waals surface area contributed by atoms with Gasteiger partial charge in [0.1, 0.15) is 11.5 Å². The van der Waals surface area contributed by atoms with Crippen LogP contribution in [0.1, 0.15) is 25.3 Å². The molecule has 0 amide bonds. The highest BCUT2D eigenvalue weighted by Crippen LogP contribution is 2.20. The Morgan fingerprint density at radius 3 is 2.29 bits per heavy atom. The maximum absolute atomic E-state index is 9.21. The van der Waals surface area contributed by atoms with E-state index < -0.39 is 0 Å². The van der Waals surface area contributed by atoms with Crippen molar-refractivity contribution in [1.29, 1.82) is 0 Å². The lowest BCUT2D eigenvalue weighted by molar-refractivity contribution is 0.449. The third-order valence-electron chi connectivity index (χ3n) is 1.94. The van der Waals surface area contributed by atoms with Crippen LogP contribution in [0, 0.1) is 0 Å². The molecular weight excluding hydrogens is 176 g/mol. The molecule has 0 aliphatic carbocycles. The molecule has 0 atom stereocenters. The lowest BCUT2D eigenvalue weighted by atomic mass is 10.1. The Balaban J connectivity index is 2.58. The average molecular weight is 192 g/mol. The van der Waals surface area contributed by atoms with Crippen LogP contribution in [0.5, 0.6) is 11.5 Å². The highest BCUT2D eigenvalue weighted by atomic mass is 16.3. The lowest BCUT2D eigenvalue weighted by Crippen LogP contribution is -1.80. The first-order chi connectivity index (χ1) is 6.72. The summed E-state index contributed by atoms with van der Waals surface area (Å²) < 4.78 is 0. The fourth-order valence-electron chi connectivity index (χ4n) is 1.28. The second kappa shape index (κ2) is 5.32. The van der Waals surface area contributed by atoms with Crippen molar-refractivity contribution in [2.45, 2.75) is 26.2 Å². The zero-order valence-electron chi connectivity index (χ0n) is 8.40. The number of unbranched alkanes of at least 4 members (excludes halogenated alkanes) is 1. The number of benzene rings is 1. The van der Waals surface area contributed by atoms with Crippen LogP contribution >= 0.6 is 0 Å². The van der Waals surface area contributed by atoms with Crippen molar-refractivity contribution < 1.29 is 10.2 Å². The maximum Gasteiger partial charge on any atom is 0.119 e. The van der Waals surface area contributed by atoms with Gasteiger partial charge in [-0.1, -0.05) is 25.5 Å². The van der Waals surface area contributed by atoms with Crippen molar-refractivity contribution in [1.82, 2.24) is 0 Å². The Morgan fingerprint density at radius 2 is 1.71 bits per heavy atom. The molecule has 2 N–H and O–H groups in total. The van der Waals surface area contributed by atoms with Gasteiger partial charge in [0, 0.05) is 6.07 Å². The Hall–Kier alpha value is -1.44. The Labute approximate surface area is 84.5 Å². The molecular formula is C12H16O2. The predicted molar refractivity (Wildman–Crippen MR) is 57.5 cm³/mol. The van der Waals surface area contributed by atoms with E-state index in [1.54, 1.807) is 12.1 Å². The number of phenols is 2. The van der Waals surface area contributed by atoms with E-state index in [-0.39, 0.29) is 11.5 Å². The molecule has 0 unspecified atom stereocenters. The minimum Gasteiger partial charge on any atom is -0.508 e. The molecule has 0 fully saturated rings. The van der Waals surface area contributed by atoms with Crippen LogP contribution in [0.4, 0.5) is 0 Å². The quantitative estimate of drug-likeness (QED) is 0.720. The summed E-state index contributed by atoms with van der Waals surface area (Å²) in [6.07, 6.45) is 7.13. The minimum atomic E-state index is 0.115. The molecule has 0 saturated carbocycles. The summed E-state index contributed by atoms with van der Waals surface area (Å²) in [6.45, 7) is 2.13. The van der Waals surface area contributed by atoms with Crippen LogP contribution in [-0.4, -0.2) is 10.2 Å². The van der Waals surface area contributed by atoms with Crippen LogP contribution in [0.15, 0.2) is 30.4 Å². The molecule has 0 aliphatic rings. The van der Waals surface area contributed by atoms with E-state index in [4.69, 9.17) is 0 Å². The first kappa shape index (κ1) is 10.6. The van der Waals surface area contributed by atoms with Gasteiger partial charge >= 0.3 is 0 Å². The predicted octanol–water partition coefficient (Wildman–Crippen LogP) is 3.00. The smallest absolute Gasteiger partial charge is 0.119 e. The van der Waals surface area contributed by atoms with E-state index >= 15 is 0 Å². The molecule has 1 aromatic rings. The fourth-order valence-corrected chi connectivity index (χ4v) is 1.28. The summed E-state index contributed by atoms with van der Waals surface area (Å²) in [6, 6.07) is 4.66. The zero-order valence-corrected chi connectivity index (χ0v) is 8.40. The SMILES string of the molecule is CCC/C=C/Cc1cc(O)cc(O)c1. The van der Waals surface area contributed by atoms with E-state index in [9.17, 15) is 10.2 Å². The molecule has 1 aromatic carbocycles. The van der Waals surface area contributed by atoms with Crippen molar-refractivity contribution in [2.75, 3.05) is 0 Å². The standard InChI is InChI=1S/C12H16O2/c1-2-3-4-5-6-10-7-11(13)9-12(14)8-10/h4-5,7-9,13-14H,2-3,6H2,1H3/b5-4+. The zero-order chi connectivity index (χ0) is 10.4. The molecule has 1 rings (SSSR count). The summed E-state index contributed by atoms with van der Waals surface area (Å²) in [5, 5.41) is 18.4. The number of hydrogen-bond acceptors (Lipinski definition) is 2. The summed E-state index contributed by atoms with van der Waals surface area (Å²) in [7, 11) is 0. The topological polar surface area (TPSA) is 40.5 Å². The van der Waals surface area contributed by atoms with Crippen LogP contribution in [-0.2, 0) is 6.42 Å². The van der Waals surface area contributed by atoms with Crippen molar-refractivity contribution in [3.63, 3.8) is 0 Å². The van der Waals surface area contributed by atoms with Crippen molar-refractivity contribution in [2.24, 2.45) is 0 Å². The minimum absolute atomic E-state index is 0.115. The van der Waals surface area contributed by atoms with E-state index in [0.717, 1.165) is 24.8 Å². The van der Waals surface area contributed by atoms with E-state index in [2.05, 4.69) is 19.1 Å². The summed E-state index contributed by atoms with van der Waals surface area (Å²) in [4.78, 5) is 0. The van der Waals surface area contributed by atoms with Crippen LogP contribution in [0.25, 0.3) is 0 Å². The monoisotopic (exact) mass is 192 g/mol. The molecule has 0 aliphatic heterocycles. The number of aromatic hydroxyl groups is 2. The number of hydrogen-bond donors (Lipinski definition) is 2. The number of phenolic OH excluding ortho intramolecular Hbond substituents is 2. The number of allylic oxidation sites excluding steroid dienone is 2. The van der Waals surface area contributed by atoms with Gasteiger partial charge in [0.15, 0.2) is 0 Å². The molecule has 0 bridgehead atoms. The van der Waals surface area contributed by atoms with E-state index in [1.165, 1.54) is 6.07 Å². The third-order valence-corrected chi connectivity index (χ3v) is 1.94. The second-order valence-corrected chi connectivity index (χ2v) is 3.32. The molecule has 76 valence electrons. The summed E-state index contributed by atoms with van der Waals surface area (Å²) >= 11 is 0. The molecule has 2 heteroatoms. The van der Waals surface area contributed by atoms with Gasteiger partial charge in [-0.25, -0.2) is 0 Å². The van der Waals surface area contributed by atoms with Gasteiger partial charge in [0.05, 0.1) is 0 Å². The van der Waals surface area contributed by atoms with Gasteiger partial charge in [-0.05, 0) is 30.5 Å². The van der Waals surface area contributed by atoms with Gasteiger partial charge in [-0.15, -0.1) is 0 Å². The average Bonchev–Trinajstić information content (AvgIpc) is 2.11. The van der Waals surface area contributed by atoms with Crippen molar-refractivity contribution in [3.8, 4) is 11.5 Å². The Bertz CT molecular complexity index is 296. The van der Waals surface area contributed by atoms with Crippen molar-refractivity contribution in [3.05, 3.63) is 35.9 Å². The van der Waals surface area contributed by atoms with Gasteiger partial charge < -0.3 is 10.2 Å². The molecule has 0 heterocycles. The van der Waals surface area contributed by atoms with Crippen LogP contribution < -0.4 is 0 Å². The van der Waals surface area contributed by atoms with Gasteiger partial charge in [-0.3, -0.25) is 0 Å². The molecule has 0 aromatic heterocycles. The largest absolute Gasteiger partial charge is 0.508 e. The molecule has 0 radical (unpaired) electrons. The molecule has 0 spiro atoms. The van der Waals surface area contributed by atoms with Gasteiger partial charge in [0.25, 0.3) is 0 Å². The van der Waals surface area contributed by atoms with Crippen molar-refractivity contribution >= 4 is 0 Å². The number of rotatable bonds is 4. The highest BCUT2D eigenvalue weighted by molar-refractivity contribution is 5.37. The second-order valence-electron chi connectivity index (χ2n) is 3.32. The van der Waals surface area contributed by atoms with E-state index in [0.29, 0.717) is 0 Å².